The second-order valence-electron chi connectivity index (χ2n) is 2.68. The SMILES string of the molecule is CC(C)Nc1c(O)c(=O)c1=O. The number of anilines is 1. The molecule has 0 saturated heterocycles. The molecule has 0 bridgehead atoms. The summed E-state index contributed by atoms with van der Waals surface area (Å²) in [5.74, 6) is -0.441. The van der Waals surface area contributed by atoms with Crippen molar-refractivity contribution in [1.29, 1.82) is 0 Å². The van der Waals surface area contributed by atoms with Gasteiger partial charge < -0.3 is 10.4 Å². The molecule has 0 spiro atoms. The van der Waals surface area contributed by atoms with Crippen LogP contribution in [0.15, 0.2) is 9.59 Å². The van der Waals surface area contributed by atoms with E-state index in [4.69, 9.17) is 5.11 Å². The monoisotopic (exact) mass is 155 g/mol. The molecule has 0 aliphatic rings. The molecule has 4 nitrogen and oxygen atoms in total. The van der Waals surface area contributed by atoms with Gasteiger partial charge in [-0.25, -0.2) is 0 Å². The predicted molar refractivity (Wildman–Crippen MR) is 41.8 cm³/mol. The molecule has 0 aromatic heterocycles. The van der Waals surface area contributed by atoms with Crippen LogP contribution < -0.4 is 16.2 Å². The average Bonchev–Trinajstić information content (AvgIpc) is 1.98. The third-order valence-electron chi connectivity index (χ3n) is 1.32. The van der Waals surface area contributed by atoms with Crippen molar-refractivity contribution in [3.8, 4) is 5.75 Å². The minimum absolute atomic E-state index is 0.0456. The summed E-state index contributed by atoms with van der Waals surface area (Å²) in [6.07, 6.45) is 0. The molecule has 1 rings (SSSR count). The lowest BCUT2D eigenvalue weighted by Gasteiger charge is -2.11. The van der Waals surface area contributed by atoms with Gasteiger partial charge in [0.1, 0.15) is 5.69 Å². The van der Waals surface area contributed by atoms with Crippen LogP contribution in [0.5, 0.6) is 5.75 Å². The fourth-order valence-electron chi connectivity index (χ4n) is 0.802. The van der Waals surface area contributed by atoms with Gasteiger partial charge in [0, 0.05) is 6.04 Å². The first-order valence-corrected chi connectivity index (χ1v) is 3.33. The Morgan fingerprint density at radius 2 is 1.82 bits per heavy atom. The van der Waals surface area contributed by atoms with Crippen molar-refractivity contribution in [2.45, 2.75) is 19.9 Å². The molecule has 0 heterocycles. The van der Waals surface area contributed by atoms with E-state index < -0.39 is 16.6 Å². The smallest absolute Gasteiger partial charge is 0.271 e. The number of nitrogens with one attached hydrogen (secondary N) is 1. The Morgan fingerprint density at radius 3 is 2.18 bits per heavy atom. The highest BCUT2D eigenvalue weighted by atomic mass is 16.3. The van der Waals surface area contributed by atoms with Crippen LogP contribution in [0.25, 0.3) is 0 Å². The zero-order valence-corrected chi connectivity index (χ0v) is 6.34. The average molecular weight is 155 g/mol. The van der Waals surface area contributed by atoms with Crippen molar-refractivity contribution in [1.82, 2.24) is 0 Å². The number of hydrogen-bond acceptors (Lipinski definition) is 4. The first-order valence-electron chi connectivity index (χ1n) is 3.33. The number of aromatic hydroxyl groups is 1. The molecule has 0 amide bonds. The molecule has 0 radical (unpaired) electrons. The third kappa shape index (κ3) is 1.11. The van der Waals surface area contributed by atoms with Gasteiger partial charge in [-0.05, 0) is 13.8 Å². The Hall–Kier alpha value is -1.32. The summed E-state index contributed by atoms with van der Waals surface area (Å²) in [6, 6.07) is 0.0456. The van der Waals surface area contributed by atoms with E-state index in [1.807, 2.05) is 13.8 Å². The first kappa shape index (κ1) is 7.78. The highest BCUT2D eigenvalue weighted by molar-refractivity contribution is 5.61. The van der Waals surface area contributed by atoms with E-state index in [1.54, 1.807) is 0 Å². The first-order chi connectivity index (χ1) is 5.04. The summed E-state index contributed by atoms with van der Waals surface area (Å²) < 4.78 is 0. The summed E-state index contributed by atoms with van der Waals surface area (Å²) in [6.45, 7) is 3.63. The molecule has 60 valence electrons. The Bertz CT molecular complexity index is 333. The molecular formula is C7H9NO3. The Morgan fingerprint density at radius 1 is 1.27 bits per heavy atom. The standard InChI is InChI=1S/C7H9NO3/c1-3(2)8-4-5(9)7(11)6(4)10/h3,8-9H,1-2H3. The topological polar surface area (TPSA) is 66.4 Å². The second-order valence-corrected chi connectivity index (χ2v) is 2.68. The minimum Gasteiger partial charge on any atom is -0.502 e. The normalized spacial score (nSPS) is 10.8. The molecule has 1 aromatic carbocycles. The van der Waals surface area contributed by atoms with Crippen molar-refractivity contribution in [3.05, 3.63) is 20.4 Å². The van der Waals surface area contributed by atoms with E-state index in [1.165, 1.54) is 0 Å². The molecule has 0 aliphatic carbocycles. The van der Waals surface area contributed by atoms with Gasteiger partial charge in [0.15, 0.2) is 5.75 Å². The maximum absolute atomic E-state index is 10.7. The van der Waals surface area contributed by atoms with Gasteiger partial charge in [-0.2, -0.15) is 0 Å². The van der Waals surface area contributed by atoms with E-state index in [9.17, 15) is 9.59 Å². The largest absolute Gasteiger partial charge is 0.502 e. The lowest BCUT2D eigenvalue weighted by Crippen LogP contribution is -2.34. The van der Waals surface area contributed by atoms with Crippen molar-refractivity contribution in [2.75, 3.05) is 5.32 Å². The molecule has 1 aromatic rings. The van der Waals surface area contributed by atoms with Gasteiger partial charge >= 0.3 is 0 Å². The Labute approximate surface area is 63.2 Å². The molecule has 0 atom stereocenters. The van der Waals surface area contributed by atoms with Crippen LogP contribution in [0.1, 0.15) is 13.8 Å². The Balaban J connectivity index is 2.91. The summed E-state index contributed by atoms with van der Waals surface area (Å²) >= 11 is 0. The number of rotatable bonds is 2. The van der Waals surface area contributed by atoms with Crippen LogP contribution in [0.3, 0.4) is 0 Å². The van der Waals surface area contributed by atoms with Crippen LogP contribution in [-0.4, -0.2) is 11.1 Å². The van der Waals surface area contributed by atoms with Gasteiger partial charge in [0.25, 0.3) is 10.9 Å². The van der Waals surface area contributed by atoms with E-state index in [-0.39, 0.29) is 11.7 Å². The lowest BCUT2D eigenvalue weighted by molar-refractivity contribution is 0.465. The van der Waals surface area contributed by atoms with Gasteiger partial charge in [0.05, 0.1) is 0 Å². The van der Waals surface area contributed by atoms with Crippen LogP contribution in [0, 0.1) is 0 Å². The molecular weight excluding hydrogens is 146 g/mol. The van der Waals surface area contributed by atoms with Crippen LogP contribution >= 0.6 is 0 Å². The summed E-state index contributed by atoms with van der Waals surface area (Å²) in [7, 11) is 0. The lowest BCUT2D eigenvalue weighted by atomic mass is 10.2. The van der Waals surface area contributed by atoms with Gasteiger partial charge in [-0.3, -0.25) is 9.59 Å². The third-order valence-corrected chi connectivity index (χ3v) is 1.32. The molecule has 4 heteroatoms. The molecule has 0 aliphatic heterocycles. The second kappa shape index (κ2) is 2.38. The van der Waals surface area contributed by atoms with Crippen LogP contribution in [-0.2, 0) is 0 Å². The molecule has 0 unspecified atom stereocenters. The number of hydrogen-bond donors (Lipinski definition) is 2. The molecule has 0 saturated carbocycles. The zero-order chi connectivity index (χ0) is 8.59. The van der Waals surface area contributed by atoms with Crippen LogP contribution in [0.4, 0.5) is 5.69 Å². The summed E-state index contributed by atoms with van der Waals surface area (Å²) in [4.78, 5) is 21.1. The van der Waals surface area contributed by atoms with E-state index in [0.717, 1.165) is 0 Å². The van der Waals surface area contributed by atoms with Crippen molar-refractivity contribution in [2.24, 2.45) is 0 Å². The zero-order valence-electron chi connectivity index (χ0n) is 6.34. The maximum atomic E-state index is 10.7. The summed E-state index contributed by atoms with van der Waals surface area (Å²) in [5.41, 5.74) is -1.38. The van der Waals surface area contributed by atoms with Gasteiger partial charge in [0.2, 0.25) is 0 Å². The quantitative estimate of drug-likeness (QED) is 0.581. The molecule has 11 heavy (non-hydrogen) atoms. The van der Waals surface area contributed by atoms with Gasteiger partial charge in [-0.1, -0.05) is 0 Å². The van der Waals surface area contributed by atoms with Crippen LogP contribution in [0.2, 0.25) is 0 Å². The van der Waals surface area contributed by atoms with Crippen molar-refractivity contribution >= 4 is 5.69 Å². The minimum atomic E-state index is -0.798. The predicted octanol–water partition coefficient (Wildman–Crippen LogP) is -0.192. The highest BCUT2D eigenvalue weighted by Crippen LogP contribution is 2.14. The van der Waals surface area contributed by atoms with Crippen molar-refractivity contribution in [3.63, 3.8) is 0 Å². The maximum Gasteiger partial charge on any atom is 0.271 e. The van der Waals surface area contributed by atoms with Gasteiger partial charge in [-0.15, -0.1) is 0 Å². The van der Waals surface area contributed by atoms with E-state index >= 15 is 0 Å². The Kier molecular flexibility index (Phi) is 1.68. The highest BCUT2D eigenvalue weighted by Gasteiger charge is 2.19. The summed E-state index contributed by atoms with van der Waals surface area (Å²) in [5, 5.41) is 11.5. The van der Waals surface area contributed by atoms with E-state index in [2.05, 4.69) is 5.32 Å². The van der Waals surface area contributed by atoms with Crippen molar-refractivity contribution < 1.29 is 5.11 Å². The fourth-order valence-corrected chi connectivity index (χ4v) is 0.802. The molecule has 0 fully saturated rings. The van der Waals surface area contributed by atoms with E-state index in [0.29, 0.717) is 0 Å². The molecule has 2 N–H and O–H groups in total. The fraction of sp³-hybridized carbons (Fsp3) is 0.429.